The minimum Gasteiger partial charge on any atom is -0.351 e. The van der Waals surface area contributed by atoms with Gasteiger partial charge < -0.3 is 5.32 Å². The first-order valence-electron chi connectivity index (χ1n) is 7.82. The number of fused-ring (bicyclic) bond motifs is 1. The maximum atomic E-state index is 13.6. The molecule has 0 spiro atoms. The molecule has 0 unspecified atom stereocenters. The van der Waals surface area contributed by atoms with Gasteiger partial charge in [-0.25, -0.2) is 9.37 Å². The molecule has 0 bridgehead atoms. The highest BCUT2D eigenvalue weighted by Crippen LogP contribution is 2.21. The number of nitrogens with one attached hydrogen (secondary N) is 1. The van der Waals surface area contributed by atoms with Crippen LogP contribution >= 0.6 is 23.1 Å². The molecular weight excluding hydrogens is 373 g/mol. The number of nitrogens with zero attached hydrogens (tertiary/aromatic N) is 2. The summed E-state index contributed by atoms with van der Waals surface area (Å²) in [5, 5.41) is 5.51. The van der Waals surface area contributed by atoms with Crippen LogP contribution in [-0.2, 0) is 17.9 Å². The van der Waals surface area contributed by atoms with Crippen LogP contribution in [-0.4, -0.2) is 21.2 Å². The lowest BCUT2D eigenvalue weighted by Crippen LogP contribution is -2.26. The summed E-state index contributed by atoms with van der Waals surface area (Å²) < 4.78 is 15.1. The standard InChI is InChI=1S/C18H16FN3O2S2/c1-2-8-22-17(24)13-7-9-25-16(13)21-18(22)26-11-15(23)20-10-12-5-3-4-6-14(12)19/h2-7,9H,1,8,10-11H2,(H,20,23). The molecule has 0 atom stereocenters. The summed E-state index contributed by atoms with van der Waals surface area (Å²) in [6.07, 6.45) is 1.61. The Hall–Kier alpha value is -2.45. The second-order valence-corrected chi connectivity index (χ2v) is 7.23. The smallest absolute Gasteiger partial charge is 0.263 e. The molecule has 3 rings (SSSR count). The Kier molecular flexibility index (Phi) is 5.85. The van der Waals surface area contributed by atoms with Crippen molar-refractivity contribution in [1.82, 2.24) is 14.9 Å². The van der Waals surface area contributed by atoms with Crippen molar-refractivity contribution in [2.45, 2.75) is 18.2 Å². The predicted octanol–water partition coefficient (Wildman–Crippen LogP) is 3.19. The number of amides is 1. The fourth-order valence-corrected chi connectivity index (χ4v) is 3.99. The summed E-state index contributed by atoms with van der Waals surface area (Å²) in [5.41, 5.74) is 0.276. The molecule has 1 N–H and O–H groups in total. The monoisotopic (exact) mass is 389 g/mol. The number of carbonyl (C=O) groups is 1. The van der Waals surface area contributed by atoms with Crippen LogP contribution < -0.4 is 10.9 Å². The molecule has 0 aliphatic heterocycles. The van der Waals surface area contributed by atoms with Crippen molar-refractivity contribution in [2.75, 3.05) is 5.75 Å². The van der Waals surface area contributed by atoms with E-state index in [0.717, 1.165) is 0 Å². The Balaban J connectivity index is 1.69. The van der Waals surface area contributed by atoms with Gasteiger partial charge in [-0.15, -0.1) is 17.9 Å². The molecule has 134 valence electrons. The minimum absolute atomic E-state index is 0.0783. The van der Waals surface area contributed by atoms with E-state index in [1.165, 1.54) is 33.7 Å². The first-order chi connectivity index (χ1) is 12.6. The van der Waals surface area contributed by atoms with Crippen LogP contribution in [0.5, 0.6) is 0 Å². The van der Waals surface area contributed by atoms with Crippen LogP contribution in [0.25, 0.3) is 10.2 Å². The minimum atomic E-state index is -0.356. The molecule has 2 aromatic heterocycles. The highest BCUT2D eigenvalue weighted by molar-refractivity contribution is 7.99. The van der Waals surface area contributed by atoms with Gasteiger partial charge in [-0.05, 0) is 17.5 Å². The van der Waals surface area contributed by atoms with Crippen molar-refractivity contribution < 1.29 is 9.18 Å². The normalized spacial score (nSPS) is 10.8. The van der Waals surface area contributed by atoms with E-state index >= 15 is 0 Å². The summed E-state index contributed by atoms with van der Waals surface area (Å²) >= 11 is 2.55. The lowest BCUT2D eigenvalue weighted by molar-refractivity contribution is -0.118. The van der Waals surface area contributed by atoms with Crippen LogP contribution in [0.3, 0.4) is 0 Å². The Morgan fingerprint density at radius 3 is 2.96 bits per heavy atom. The topological polar surface area (TPSA) is 64.0 Å². The SMILES string of the molecule is C=CCn1c(SCC(=O)NCc2ccccc2F)nc2sccc2c1=O. The zero-order valence-corrected chi connectivity index (χ0v) is 15.4. The summed E-state index contributed by atoms with van der Waals surface area (Å²) in [5.74, 6) is -0.538. The van der Waals surface area contributed by atoms with Crippen molar-refractivity contribution in [2.24, 2.45) is 0 Å². The van der Waals surface area contributed by atoms with Gasteiger partial charge in [0, 0.05) is 18.7 Å². The third-order valence-corrected chi connectivity index (χ3v) is 5.41. The molecule has 0 saturated heterocycles. The zero-order valence-electron chi connectivity index (χ0n) is 13.8. The first kappa shape index (κ1) is 18.3. The lowest BCUT2D eigenvalue weighted by atomic mass is 10.2. The number of allylic oxidation sites excluding steroid dienone is 1. The van der Waals surface area contributed by atoms with Gasteiger partial charge in [0.25, 0.3) is 5.56 Å². The Bertz CT molecular complexity index is 1010. The van der Waals surface area contributed by atoms with E-state index in [1.54, 1.807) is 30.3 Å². The average molecular weight is 389 g/mol. The molecule has 3 aromatic rings. The molecule has 5 nitrogen and oxygen atoms in total. The lowest BCUT2D eigenvalue weighted by Gasteiger charge is -2.10. The summed E-state index contributed by atoms with van der Waals surface area (Å²) in [6, 6.07) is 8.03. The highest BCUT2D eigenvalue weighted by Gasteiger charge is 2.13. The van der Waals surface area contributed by atoms with Crippen molar-refractivity contribution >= 4 is 39.2 Å². The molecular formula is C18H16FN3O2S2. The zero-order chi connectivity index (χ0) is 18.5. The number of benzene rings is 1. The van der Waals surface area contributed by atoms with E-state index in [4.69, 9.17) is 0 Å². The van der Waals surface area contributed by atoms with Gasteiger partial charge in [0.2, 0.25) is 5.91 Å². The molecule has 8 heteroatoms. The van der Waals surface area contributed by atoms with Gasteiger partial charge in [-0.2, -0.15) is 0 Å². The van der Waals surface area contributed by atoms with E-state index in [0.29, 0.717) is 27.5 Å². The molecule has 0 radical (unpaired) electrons. The van der Waals surface area contributed by atoms with E-state index in [9.17, 15) is 14.0 Å². The second-order valence-electron chi connectivity index (χ2n) is 5.40. The van der Waals surface area contributed by atoms with Gasteiger partial charge in [-0.1, -0.05) is 36.0 Å². The Morgan fingerprint density at radius 1 is 1.38 bits per heavy atom. The Morgan fingerprint density at radius 2 is 2.19 bits per heavy atom. The Labute approximate surface area is 157 Å². The van der Waals surface area contributed by atoms with Crippen LogP contribution in [0.4, 0.5) is 4.39 Å². The second kappa shape index (κ2) is 8.29. The van der Waals surface area contributed by atoms with Crippen LogP contribution in [0, 0.1) is 5.82 Å². The van der Waals surface area contributed by atoms with E-state index in [2.05, 4.69) is 16.9 Å². The first-order valence-corrected chi connectivity index (χ1v) is 9.68. The van der Waals surface area contributed by atoms with Gasteiger partial charge in [0.05, 0.1) is 11.1 Å². The van der Waals surface area contributed by atoms with Gasteiger partial charge >= 0.3 is 0 Å². The predicted molar refractivity (Wildman–Crippen MR) is 103 cm³/mol. The van der Waals surface area contributed by atoms with Gasteiger partial charge in [-0.3, -0.25) is 14.2 Å². The van der Waals surface area contributed by atoms with Crippen molar-refractivity contribution in [3.8, 4) is 0 Å². The fraction of sp³-hybridized carbons (Fsp3) is 0.167. The largest absolute Gasteiger partial charge is 0.351 e. The van der Waals surface area contributed by atoms with Crippen molar-refractivity contribution in [3.63, 3.8) is 0 Å². The number of thiophene rings is 1. The molecule has 1 amide bonds. The fourth-order valence-electron chi connectivity index (χ4n) is 2.35. The van der Waals surface area contributed by atoms with Crippen LogP contribution in [0.15, 0.2) is 58.3 Å². The van der Waals surface area contributed by atoms with E-state index in [-0.39, 0.29) is 29.6 Å². The summed E-state index contributed by atoms with van der Waals surface area (Å²) in [6.45, 7) is 4.09. The van der Waals surface area contributed by atoms with Crippen LogP contribution in [0.2, 0.25) is 0 Å². The quantitative estimate of drug-likeness (QED) is 0.383. The third-order valence-electron chi connectivity index (χ3n) is 3.63. The summed E-state index contributed by atoms with van der Waals surface area (Å²) in [7, 11) is 0. The molecule has 1 aromatic carbocycles. The number of thioether (sulfide) groups is 1. The highest BCUT2D eigenvalue weighted by atomic mass is 32.2. The molecule has 0 saturated carbocycles. The third kappa shape index (κ3) is 4.03. The molecule has 0 aliphatic carbocycles. The molecule has 26 heavy (non-hydrogen) atoms. The number of rotatable bonds is 7. The molecule has 2 heterocycles. The van der Waals surface area contributed by atoms with Gasteiger partial charge in [0.1, 0.15) is 10.6 Å². The number of halogens is 1. The van der Waals surface area contributed by atoms with E-state index in [1.807, 2.05) is 5.38 Å². The number of hydrogen-bond donors (Lipinski definition) is 1. The number of hydrogen-bond acceptors (Lipinski definition) is 5. The average Bonchev–Trinajstić information content (AvgIpc) is 3.11. The van der Waals surface area contributed by atoms with E-state index < -0.39 is 0 Å². The van der Waals surface area contributed by atoms with Crippen molar-refractivity contribution in [3.05, 3.63) is 70.1 Å². The van der Waals surface area contributed by atoms with Gasteiger partial charge in [0.15, 0.2) is 5.16 Å². The number of aromatic nitrogens is 2. The van der Waals surface area contributed by atoms with Crippen molar-refractivity contribution in [1.29, 1.82) is 0 Å². The molecule has 0 aliphatic rings. The maximum Gasteiger partial charge on any atom is 0.263 e. The number of carbonyl (C=O) groups excluding carboxylic acids is 1. The molecule has 0 fully saturated rings. The summed E-state index contributed by atoms with van der Waals surface area (Å²) in [4.78, 5) is 29.7. The maximum absolute atomic E-state index is 13.6. The van der Waals surface area contributed by atoms with Crippen LogP contribution in [0.1, 0.15) is 5.56 Å².